The van der Waals surface area contributed by atoms with Crippen molar-refractivity contribution in [3.05, 3.63) is 76.5 Å². The van der Waals surface area contributed by atoms with Gasteiger partial charge in [0.25, 0.3) is 0 Å². The Morgan fingerprint density at radius 1 is 1.04 bits per heavy atom. The highest BCUT2D eigenvalue weighted by Crippen LogP contribution is 2.38. The molecule has 2 aromatic rings. The molecule has 0 radical (unpaired) electrons. The van der Waals surface area contributed by atoms with Crippen LogP contribution in [-0.2, 0) is 11.2 Å². The third-order valence-electron chi connectivity index (χ3n) is 6.74. The lowest BCUT2D eigenvalue weighted by Crippen LogP contribution is -2.61. The monoisotopic (exact) mass is 378 g/mol. The Labute approximate surface area is 165 Å². The summed E-state index contributed by atoms with van der Waals surface area (Å²) in [5.74, 6) is 0.338. The molecule has 2 bridgehead atoms. The number of amides is 1. The summed E-state index contributed by atoms with van der Waals surface area (Å²) in [6.45, 7) is 2.38. The largest absolute Gasteiger partial charge is 0.633 e. The van der Waals surface area contributed by atoms with Crippen LogP contribution >= 0.6 is 0 Å². The molecule has 0 N–H and O–H groups in total. The van der Waals surface area contributed by atoms with E-state index < -0.39 is 0 Å². The van der Waals surface area contributed by atoms with E-state index in [1.54, 1.807) is 0 Å². The van der Waals surface area contributed by atoms with E-state index in [2.05, 4.69) is 30.3 Å². The highest BCUT2D eigenvalue weighted by Gasteiger charge is 2.44. The van der Waals surface area contributed by atoms with E-state index in [9.17, 15) is 10.0 Å². The Hall–Kier alpha value is -2.37. The maximum Gasteiger partial charge on any atom is 0.411 e. The first kappa shape index (κ1) is 17.7. The Morgan fingerprint density at radius 2 is 1.75 bits per heavy atom. The van der Waals surface area contributed by atoms with E-state index >= 15 is 0 Å². The fourth-order valence-electron chi connectivity index (χ4n) is 5.18. The predicted octanol–water partition coefficient (Wildman–Crippen LogP) is 3.88. The van der Waals surface area contributed by atoms with Gasteiger partial charge in [0.1, 0.15) is 6.54 Å². The summed E-state index contributed by atoms with van der Waals surface area (Å²) >= 11 is 0. The maximum atomic E-state index is 13.2. The number of hydrogen-bond donors (Lipinski definition) is 0. The Morgan fingerprint density at radius 3 is 2.50 bits per heavy atom. The number of ether oxygens (including phenoxy) is 1. The van der Waals surface area contributed by atoms with E-state index in [-0.39, 0.29) is 22.9 Å². The van der Waals surface area contributed by atoms with Crippen molar-refractivity contribution in [1.82, 2.24) is 4.90 Å². The summed E-state index contributed by atoms with van der Waals surface area (Å²) in [5.41, 5.74) is 3.54. The SMILES string of the molecule is O=C(O[C@@H]1C[N+]2([O-])CCC1CC2)N1CCc2ccccc2[C@H]1c1ccccc1. The summed E-state index contributed by atoms with van der Waals surface area (Å²) in [4.78, 5) is 15.1. The van der Waals surface area contributed by atoms with Gasteiger partial charge in [0.05, 0.1) is 19.1 Å². The van der Waals surface area contributed by atoms with Crippen molar-refractivity contribution in [1.29, 1.82) is 0 Å². The first-order valence-electron chi connectivity index (χ1n) is 10.3. The second kappa shape index (κ2) is 6.90. The lowest BCUT2D eigenvalue weighted by atomic mass is 9.85. The lowest BCUT2D eigenvalue weighted by molar-refractivity contribution is -0.900. The number of piperidine rings is 3. The van der Waals surface area contributed by atoms with Gasteiger partial charge in [0, 0.05) is 25.3 Å². The van der Waals surface area contributed by atoms with Gasteiger partial charge < -0.3 is 14.6 Å². The van der Waals surface area contributed by atoms with Crippen LogP contribution in [0, 0.1) is 11.1 Å². The van der Waals surface area contributed by atoms with Gasteiger partial charge in [0.15, 0.2) is 6.10 Å². The molecule has 4 aliphatic heterocycles. The van der Waals surface area contributed by atoms with Gasteiger partial charge >= 0.3 is 6.09 Å². The minimum absolute atomic E-state index is 0.143. The minimum atomic E-state index is -0.284. The quantitative estimate of drug-likeness (QED) is 0.589. The molecule has 4 aliphatic rings. The summed E-state index contributed by atoms with van der Waals surface area (Å²) in [5, 5.41) is 12.7. The van der Waals surface area contributed by atoms with Gasteiger partial charge in [-0.25, -0.2) is 4.79 Å². The zero-order valence-corrected chi connectivity index (χ0v) is 16.0. The fraction of sp³-hybridized carbons (Fsp3) is 0.435. The maximum absolute atomic E-state index is 13.2. The first-order chi connectivity index (χ1) is 13.6. The molecule has 0 aromatic heterocycles. The van der Waals surface area contributed by atoms with Crippen LogP contribution in [0.4, 0.5) is 4.79 Å². The van der Waals surface area contributed by atoms with E-state index in [0.29, 0.717) is 32.1 Å². The molecular formula is C23H26N2O3. The van der Waals surface area contributed by atoms with Crippen molar-refractivity contribution in [2.75, 3.05) is 26.2 Å². The van der Waals surface area contributed by atoms with Crippen LogP contribution in [0.2, 0.25) is 0 Å². The molecule has 0 saturated carbocycles. The molecule has 5 nitrogen and oxygen atoms in total. The molecule has 0 unspecified atom stereocenters. The number of carbonyl (C=O) groups excluding carboxylic acids is 1. The van der Waals surface area contributed by atoms with Crippen molar-refractivity contribution in [2.24, 2.45) is 5.92 Å². The fourth-order valence-corrected chi connectivity index (χ4v) is 5.18. The molecule has 146 valence electrons. The third-order valence-corrected chi connectivity index (χ3v) is 6.74. The third kappa shape index (κ3) is 3.09. The Balaban J connectivity index is 1.42. The zero-order chi connectivity index (χ0) is 19.1. The first-order valence-corrected chi connectivity index (χ1v) is 10.3. The van der Waals surface area contributed by atoms with E-state index in [4.69, 9.17) is 4.74 Å². The number of carbonyl (C=O) groups is 1. The standard InChI is InChI=1S/C23H26N2O3/c26-23(28-21-16-25(27)14-11-18(21)12-15-25)24-13-10-17-6-4-5-9-20(17)22(24)19-7-2-1-3-8-19/h1-9,18,21-22H,10-16H2/t18?,21-,22-,25?/m1/s1. The van der Waals surface area contributed by atoms with E-state index in [1.165, 1.54) is 5.56 Å². The summed E-state index contributed by atoms with van der Waals surface area (Å²) in [6, 6.07) is 18.3. The van der Waals surface area contributed by atoms with Crippen molar-refractivity contribution in [2.45, 2.75) is 31.4 Å². The Kier molecular flexibility index (Phi) is 4.37. The van der Waals surface area contributed by atoms with Crippen LogP contribution in [-0.4, -0.2) is 47.9 Å². The smallest absolute Gasteiger partial charge is 0.411 e. The average molecular weight is 378 g/mol. The molecule has 28 heavy (non-hydrogen) atoms. The molecule has 1 amide bonds. The summed E-state index contributed by atoms with van der Waals surface area (Å²) < 4.78 is 5.77. The molecule has 2 aromatic carbocycles. The Bertz CT molecular complexity index is 861. The number of rotatable bonds is 2. The highest BCUT2D eigenvalue weighted by molar-refractivity contribution is 5.70. The summed E-state index contributed by atoms with van der Waals surface area (Å²) in [6.07, 6.45) is 2.03. The van der Waals surface area contributed by atoms with Crippen LogP contribution in [0.5, 0.6) is 0 Å². The predicted molar refractivity (Wildman–Crippen MR) is 106 cm³/mol. The number of benzene rings is 2. The number of fused-ring (bicyclic) bond motifs is 4. The second-order valence-electron chi connectivity index (χ2n) is 8.40. The van der Waals surface area contributed by atoms with Crippen LogP contribution in [0.1, 0.15) is 35.6 Å². The normalized spacial score (nSPS) is 31.3. The molecule has 4 heterocycles. The minimum Gasteiger partial charge on any atom is -0.633 e. The van der Waals surface area contributed by atoms with E-state index in [1.807, 2.05) is 29.2 Å². The molecule has 2 atom stereocenters. The number of nitrogens with zero attached hydrogens (tertiary/aromatic N) is 2. The van der Waals surface area contributed by atoms with E-state index in [0.717, 1.165) is 30.4 Å². The summed E-state index contributed by atoms with van der Waals surface area (Å²) in [7, 11) is 0. The van der Waals surface area contributed by atoms with Crippen molar-refractivity contribution < 1.29 is 14.2 Å². The van der Waals surface area contributed by atoms with Crippen molar-refractivity contribution in [3.63, 3.8) is 0 Å². The van der Waals surface area contributed by atoms with Gasteiger partial charge in [-0.1, -0.05) is 54.6 Å². The second-order valence-corrected chi connectivity index (χ2v) is 8.40. The molecular weight excluding hydrogens is 352 g/mol. The van der Waals surface area contributed by atoms with Crippen LogP contribution in [0.15, 0.2) is 54.6 Å². The zero-order valence-electron chi connectivity index (χ0n) is 16.0. The van der Waals surface area contributed by atoms with Crippen LogP contribution in [0.3, 0.4) is 0 Å². The number of quaternary nitrogens is 1. The van der Waals surface area contributed by atoms with Crippen molar-refractivity contribution in [3.8, 4) is 0 Å². The van der Waals surface area contributed by atoms with Gasteiger partial charge in [0.2, 0.25) is 0 Å². The molecule has 6 rings (SSSR count). The van der Waals surface area contributed by atoms with Gasteiger partial charge in [-0.05, 0) is 23.1 Å². The van der Waals surface area contributed by atoms with Crippen molar-refractivity contribution >= 4 is 6.09 Å². The van der Waals surface area contributed by atoms with Gasteiger partial charge in [-0.15, -0.1) is 0 Å². The molecule has 3 fully saturated rings. The number of hydroxylamine groups is 3. The highest BCUT2D eigenvalue weighted by atomic mass is 16.6. The topological polar surface area (TPSA) is 52.6 Å². The molecule has 3 saturated heterocycles. The molecule has 5 heteroatoms. The van der Waals surface area contributed by atoms with Gasteiger partial charge in [-0.2, -0.15) is 0 Å². The average Bonchev–Trinajstić information content (AvgIpc) is 2.73. The lowest BCUT2D eigenvalue weighted by Gasteiger charge is -2.55. The van der Waals surface area contributed by atoms with Crippen LogP contribution < -0.4 is 0 Å². The van der Waals surface area contributed by atoms with Gasteiger partial charge in [-0.3, -0.25) is 4.90 Å². The molecule has 0 aliphatic carbocycles. The molecule has 0 spiro atoms. The van der Waals surface area contributed by atoms with Crippen LogP contribution in [0.25, 0.3) is 0 Å². The number of hydrogen-bond acceptors (Lipinski definition) is 3.